The largest absolute Gasteiger partial charge is 0.393 e. The van der Waals surface area contributed by atoms with Gasteiger partial charge in [0.05, 0.1) is 6.10 Å². The maximum Gasteiger partial charge on any atom is 0.122 e. The van der Waals surface area contributed by atoms with E-state index < -0.39 is 6.10 Å². The van der Waals surface area contributed by atoms with Gasteiger partial charge in [0.15, 0.2) is 0 Å². The molecule has 0 fully saturated rings. The van der Waals surface area contributed by atoms with Crippen LogP contribution in [0.4, 0.5) is 0 Å². The lowest BCUT2D eigenvalue weighted by Crippen LogP contribution is -2.06. The first-order valence-electron chi connectivity index (χ1n) is 4.28. The average Bonchev–Trinajstić information content (AvgIpc) is 1.87. The normalized spacial score (nSPS) is 13.5. The third-order valence-electron chi connectivity index (χ3n) is 1.69. The summed E-state index contributed by atoms with van der Waals surface area (Å²) in [6.45, 7) is 4.32. The number of carbonyl (C=O) groups is 1. The summed E-state index contributed by atoms with van der Waals surface area (Å²) in [6, 6.07) is 0. The van der Waals surface area contributed by atoms with E-state index in [-0.39, 0.29) is 6.42 Å². The van der Waals surface area contributed by atoms with Crippen LogP contribution >= 0.6 is 0 Å². The van der Waals surface area contributed by atoms with Crippen molar-refractivity contribution in [3.05, 3.63) is 0 Å². The van der Waals surface area contributed by atoms with Crippen molar-refractivity contribution in [2.24, 2.45) is 5.92 Å². The van der Waals surface area contributed by atoms with Gasteiger partial charge in [-0.3, -0.25) is 0 Å². The number of aldehydes is 1. The van der Waals surface area contributed by atoms with Crippen molar-refractivity contribution in [3.63, 3.8) is 0 Å². The van der Waals surface area contributed by atoms with Crippen molar-refractivity contribution in [3.8, 4) is 0 Å². The van der Waals surface area contributed by atoms with Gasteiger partial charge in [0.2, 0.25) is 0 Å². The summed E-state index contributed by atoms with van der Waals surface area (Å²) in [5.41, 5.74) is 0. The summed E-state index contributed by atoms with van der Waals surface area (Å²) in [4.78, 5) is 9.95. The van der Waals surface area contributed by atoms with Gasteiger partial charge in [-0.05, 0) is 12.3 Å². The summed E-state index contributed by atoms with van der Waals surface area (Å²) in [5.74, 6) is 0.693. The van der Waals surface area contributed by atoms with Gasteiger partial charge < -0.3 is 9.90 Å². The SMILES string of the molecule is CC(C)CCCC(O)CC=O. The second-order valence-corrected chi connectivity index (χ2v) is 3.38. The maximum atomic E-state index is 9.95. The van der Waals surface area contributed by atoms with Crippen LogP contribution in [0, 0.1) is 5.92 Å². The van der Waals surface area contributed by atoms with Crippen molar-refractivity contribution in [1.29, 1.82) is 0 Å². The Morgan fingerprint density at radius 2 is 2.00 bits per heavy atom. The van der Waals surface area contributed by atoms with Crippen LogP contribution in [-0.2, 0) is 4.79 Å². The highest BCUT2D eigenvalue weighted by Crippen LogP contribution is 2.09. The van der Waals surface area contributed by atoms with E-state index in [4.69, 9.17) is 5.11 Å². The molecule has 1 atom stereocenters. The van der Waals surface area contributed by atoms with Crippen molar-refractivity contribution >= 4 is 6.29 Å². The standard InChI is InChI=1S/C9H18O2/c1-8(2)4-3-5-9(11)6-7-10/h7-9,11H,3-6H2,1-2H3. The first kappa shape index (κ1) is 10.6. The minimum atomic E-state index is -0.411. The molecule has 0 bridgehead atoms. The Labute approximate surface area is 68.6 Å². The number of carbonyl (C=O) groups excluding carboxylic acids is 1. The molecule has 0 spiro atoms. The highest BCUT2D eigenvalue weighted by molar-refractivity contribution is 5.49. The molecule has 1 unspecified atom stereocenters. The molecule has 2 nitrogen and oxygen atoms in total. The lowest BCUT2D eigenvalue weighted by atomic mass is 10.0. The molecule has 66 valence electrons. The molecule has 0 aliphatic heterocycles. The third-order valence-corrected chi connectivity index (χ3v) is 1.69. The van der Waals surface area contributed by atoms with Crippen LogP contribution in [0.1, 0.15) is 39.5 Å². The fourth-order valence-corrected chi connectivity index (χ4v) is 0.991. The molecule has 0 amide bonds. The van der Waals surface area contributed by atoms with Crippen LogP contribution in [0.5, 0.6) is 0 Å². The van der Waals surface area contributed by atoms with Crippen molar-refractivity contribution < 1.29 is 9.90 Å². The Morgan fingerprint density at radius 1 is 1.36 bits per heavy atom. The monoisotopic (exact) mass is 158 g/mol. The molecule has 0 aromatic heterocycles. The predicted octanol–water partition coefficient (Wildman–Crippen LogP) is 1.76. The lowest BCUT2D eigenvalue weighted by Gasteiger charge is -2.07. The van der Waals surface area contributed by atoms with E-state index in [2.05, 4.69) is 13.8 Å². The van der Waals surface area contributed by atoms with Gasteiger partial charge in [-0.1, -0.05) is 26.7 Å². The summed E-state index contributed by atoms with van der Waals surface area (Å²) in [5, 5.41) is 9.13. The third kappa shape index (κ3) is 7.53. The van der Waals surface area contributed by atoms with Gasteiger partial charge in [0.25, 0.3) is 0 Å². The van der Waals surface area contributed by atoms with E-state index in [0.717, 1.165) is 25.5 Å². The molecule has 0 aromatic carbocycles. The summed E-state index contributed by atoms with van der Waals surface area (Å²) in [7, 11) is 0. The van der Waals surface area contributed by atoms with Crippen molar-refractivity contribution in [2.45, 2.75) is 45.6 Å². The minimum absolute atomic E-state index is 0.290. The molecule has 0 heterocycles. The molecule has 0 saturated carbocycles. The molecule has 1 N–H and O–H groups in total. The van der Waals surface area contributed by atoms with E-state index >= 15 is 0 Å². The molecule has 0 aromatic rings. The highest BCUT2D eigenvalue weighted by Gasteiger charge is 2.02. The second-order valence-electron chi connectivity index (χ2n) is 3.38. The van der Waals surface area contributed by atoms with Crippen LogP contribution < -0.4 is 0 Å². The number of rotatable bonds is 6. The number of aliphatic hydroxyl groups excluding tert-OH is 1. The molecule has 0 aliphatic carbocycles. The van der Waals surface area contributed by atoms with Gasteiger partial charge in [-0.25, -0.2) is 0 Å². The fraction of sp³-hybridized carbons (Fsp3) is 0.889. The molecule has 2 heteroatoms. The molecule has 0 rings (SSSR count). The Balaban J connectivity index is 3.16. The Morgan fingerprint density at radius 3 is 2.45 bits per heavy atom. The maximum absolute atomic E-state index is 9.95. The van der Waals surface area contributed by atoms with Gasteiger partial charge in [0.1, 0.15) is 6.29 Å². The van der Waals surface area contributed by atoms with E-state index in [9.17, 15) is 4.79 Å². The van der Waals surface area contributed by atoms with Crippen LogP contribution in [0.3, 0.4) is 0 Å². The highest BCUT2D eigenvalue weighted by atomic mass is 16.3. The summed E-state index contributed by atoms with van der Waals surface area (Å²) >= 11 is 0. The molecule has 0 radical (unpaired) electrons. The van der Waals surface area contributed by atoms with Gasteiger partial charge in [-0.15, -0.1) is 0 Å². The second kappa shape index (κ2) is 6.35. The van der Waals surface area contributed by atoms with Crippen LogP contribution in [0.2, 0.25) is 0 Å². The zero-order chi connectivity index (χ0) is 8.69. The van der Waals surface area contributed by atoms with E-state index in [0.29, 0.717) is 5.92 Å². The Kier molecular flexibility index (Phi) is 6.13. The van der Waals surface area contributed by atoms with Crippen LogP contribution in [0.15, 0.2) is 0 Å². The van der Waals surface area contributed by atoms with Gasteiger partial charge in [-0.2, -0.15) is 0 Å². The minimum Gasteiger partial charge on any atom is -0.393 e. The number of hydrogen-bond donors (Lipinski definition) is 1. The van der Waals surface area contributed by atoms with Crippen LogP contribution in [-0.4, -0.2) is 17.5 Å². The average molecular weight is 158 g/mol. The zero-order valence-electron chi connectivity index (χ0n) is 7.42. The van der Waals surface area contributed by atoms with Crippen LogP contribution in [0.25, 0.3) is 0 Å². The molecule has 11 heavy (non-hydrogen) atoms. The lowest BCUT2D eigenvalue weighted by molar-refractivity contribution is -0.109. The fourth-order valence-electron chi connectivity index (χ4n) is 0.991. The summed E-state index contributed by atoms with van der Waals surface area (Å²) in [6.07, 6.45) is 3.57. The van der Waals surface area contributed by atoms with Gasteiger partial charge in [0, 0.05) is 6.42 Å². The van der Waals surface area contributed by atoms with E-state index in [1.54, 1.807) is 0 Å². The quantitative estimate of drug-likeness (QED) is 0.598. The molecule has 0 aliphatic rings. The molecule has 0 saturated heterocycles. The first-order chi connectivity index (χ1) is 5.16. The van der Waals surface area contributed by atoms with E-state index in [1.807, 2.05) is 0 Å². The number of aliphatic hydroxyl groups is 1. The van der Waals surface area contributed by atoms with E-state index in [1.165, 1.54) is 0 Å². The smallest absolute Gasteiger partial charge is 0.122 e. The van der Waals surface area contributed by atoms with Crippen molar-refractivity contribution in [2.75, 3.05) is 0 Å². The van der Waals surface area contributed by atoms with Gasteiger partial charge >= 0.3 is 0 Å². The number of hydrogen-bond acceptors (Lipinski definition) is 2. The topological polar surface area (TPSA) is 37.3 Å². The zero-order valence-corrected chi connectivity index (χ0v) is 7.42. The van der Waals surface area contributed by atoms with Crippen molar-refractivity contribution in [1.82, 2.24) is 0 Å². The Bertz CT molecular complexity index is 99.7. The summed E-state index contributed by atoms with van der Waals surface area (Å²) < 4.78 is 0. The Hall–Kier alpha value is -0.370. The first-order valence-corrected chi connectivity index (χ1v) is 4.28. The molecular formula is C9H18O2. The molecular weight excluding hydrogens is 140 g/mol. The predicted molar refractivity (Wildman–Crippen MR) is 45.4 cm³/mol.